The van der Waals surface area contributed by atoms with Crippen molar-refractivity contribution in [2.24, 2.45) is 5.41 Å². The summed E-state index contributed by atoms with van der Waals surface area (Å²) in [6.07, 6.45) is 3.39. The fourth-order valence-electron chi connectivity index (χ4n) is 1.70. The van der Waals surface area contributed by atoms with Crippen LogP contribution in [0, 0.1) is 5.41 Å². The van der Waals surface area contributed by atoms with Crippen molar-refractivity contribution in [1.29, 1.82) is 0 Å². The van der Waals surface area contributed by atoms with E-state index < -0.39 is 0 Å². The molecule has 0 unspecified atom stereocenters. The summed E-state index contributed by atoms with van der Waals surface area (Å²) in [5.74, 6) is 0.243. The largest absolute Gasteiger partial charge is 0.295 e. The maximum atomic E-state index is 11.1. The van der Waals surface area contributed by atoms with Gasteiger partial charge in [-0.1, -0.05) is 26.0 Å². The standard InChI is InChI=1S/C11H16O/c1-8(2)10-7-9(12)5-6-11(10,3)4/h7H,1,5-6H2,2-4H3. The van der Waals surface area contributed by atoms with Crippen LogP contribution >= 0.6 is 0 Å². The molecule has 0 saturated carbocycles. The number of carbonyl (C=O) groups is 1. The Hall–Kier alpha value is -0.850. The number of hydrogen-bond acceptors (Lipinski definition) is 1. The highest BCUT2D eigenvalue weighted by Gasteiger charge is 2.28. The molecule has 1 nitrogen and oxygen atoms in total. The summed E-state index contributed by atoms with van der Waals surface area (Å²) in [5.41, 5.74) is 2.28. The molecule has 0 aromatic carbocycles. The van der Waals surface area contributed by atoms with E-state index in [0.29, 0.717) is 6.42 Å². The lowest BCUT2D eigenvalue weighted by Gasteiger charge is -2.31. The molecule has 1 aliphatic carbocycles. The van der Waals surface area contributed by atoms with Crippen LogP contribution in [0.2, 0.25) is 0 Å². The Morgan fingerprint density at radius 2 is 2.17 bits per heavy atom. The molecule has 1 aliphatic rings. The van der Waals surface area contributed by atoms with Crippen LogP contribution in [0.15, 0.2) is 23.8 Å². The summed E-state index contributed by atoms with van der Waals surface area (Å²) >= 11 is 0. The van der Waals surface area contributed by atoms with Crippen molar-refractivity contribution in [2.45, 2.75) is 33.6 Å². The van der Waals surface area contributed by atoms with E-state index in [1.807, 2.05) is 6.92 Å². The van der Waals surface area contributed by atoms with Gasteiger partial charge in [-0.2, -0.15) is 0 Å². The number of hydrogen-bond donors (Lipinski definition) is 0. The highest BCUT2D eigenvalue weighted by atomic mass is 16.1. The SMILES string of the molecule is C=C(C)C1=CC(=O)CCC1(C)C. The summed E-state index contributed by atoms with van der Waals surface area (Å²) in [4.78, 5) is 11.1. The Kier molecular flexibility index (Phi) is 2.22. The van der Waals surface area contributed by atoms with E-state index in [0.717, 1.165) is 17.6 Å². The van der Waals surface area contributed by atoms with Crippen molar-refractivity contribution < 1.29 is 4.79 Å². The van der Waals surface area contributed by atoms with E-state index in [4.69, 9.17) is 0 Å². The second-order valence-electron chi connectivity index (χ2n) is 4.19. The van der Waals surface area contributed by atoms with Crippen molar-refractivity contribution in [3.63, 3.8) is 0 Å². The van der Waals surface area contributed by atoms with E-state index in [2.05, 4.69) is 20.4 Å². The molecule has 0 N–H and O–H groups in total. The molecule has 12 heavy (non-hydrogen) atoms. The first-order valence-corrected chi connectivity index (χ1v) is 4.34. The molecule has 0 radical (unpaired) electrons. The van der Waals surface area contributed by atoms with Crippen molar-refractivity contribution in [1.82, 2.24) is 0 Å². The molecule has 0 aromatic rings. The molecule has 0 amide bonds. The number of ketones is 1. The molecule has 0 bridgehead atoms. The van der Waals surface area contributed by atoms with Gasteiger partial charge in [0.25, 0.3) is 0 Å². The molecule has 66 valence electrons. The van der Waals surface area contributed by atoms with Crippen LogP contribution in [0.5, 0.6) is 0 Å². The smallest absolute Gasteiger partial charge is 0.156 e. The Morgan fingerprint density at radius 1 is 1.58 bits per heavy atom. The van der Waals surface area contributed by atoms with E-state index in [9.17, 15) is 4.79 Å². The second kappa shape index (κ2) is 2.89. The third-order valence-corrected chi connectivity index (χ3v) is 2.49. The average molecular weight is 164 g/mol. The molecule has 0 aromatic heterocycles. The predicted molar refractivity (Wildman–Crippen MR) is 50.9 cm³/mol. The van der Waals surface area contributed by atoms with Gasteiger partial charge in [0.05, 0.1) is 0 Å². The van der Waals surface area contributed by atoms with Crippen molar-refractivity contribution in [3.05, 3.63) is 23.8 Å². The maximum Gasteiger partial charge on any atom is 0.156 e. The minimum Gasteiger partial charge on any atom is -0.295 e. The second-order valence-corrected chi connectivity index (χ2v) is 4.19. The highest BCUT2D eigenvalue weighted by Crippen LogP contribution is 2.38. The minimum atomic E-state index is 0.139. The molecule has 1 heteroatoms. The molecule has 0 aliphatic heterocycles. The Bertz CT molecular complexity index is 256. The van der Waals surface area contributed by atoms with Crippen LogP contribution in [0.1, 0.15) is 33.6 Å². The summed E-state index contributed by atoms with van der Waals surface area (Å²) < 4.78 is 0. The van der Waals surface area contributed by atoms with Crippen LogP contribution in [0.3, 0.4) is 0 Å². The molecule has 0 fully saturated rings. The first-order chi connectivity index (χ1) is 5.43. The van der Waals surface area contributed by atoms with Gasteiger partial charge in [0, 0.05) is 6.42 Å². The Labute approximate surface area is 74.2 Å². The van der Waals surface area contributed by atoms with Gasteiger partial charge in [-0.3, -0.25) is 4.79 Å². The van der Waals surface area contributed by atoms with Crippen LogP contribution in [0.4, 0.5) is 0 Å². The van der Waals surface area contributed by atoms with Gasteiger partial charge in [0.1, 0.15) is 0 Å². The molecule has 1 rings (SSSR count). The number of carbonyl (C=O) groups excluding carboxylic acids is 1. The minimum absolute atomic E-state index is 0.139. The van der Waals surface area contributed by atoms with E-state index in [-0.39, 0.29) is 11.2 Å². The summed E-state index contributed by atoms with van der Waals surface area (Å²) in [5, 5.41) is 0. The Balaban J connectivity index is 3.04. The predicted octanol–water partition coefficient (Wildman–Crippen LogP) is 2.88. The van der Waals surface area contributed by atoms with Crippen molar-refractivity contribution >= 4 is 5.78 Å². The van der Waals surface area contributed by atoms with E-state index in [1.165, 1.54) is 0 Å². The lowest BCUT2D eigenvalue weighted by molar-refractivity contribution is -0.115. The third kappa shape index (κ3) is 1.66. The molecule has 0 saturated heterocycles. The fraction of sp³-hybridized carbons (Fsp3) is 0.545. The zero-order valence-corrected chi connectivity index (χ0v) is 8.11. The lowest BCUT2D eigenvalue weighted by Crippen LogP contribution is -2.22. The average Bonchev–Trinajstić information content (AvgIpc) is 1.94. The zero-order valence-electron chi connectivity index (χ0n) is 8.11. The normalized spacial score (nSPS) is 21.9. The van der Waals surface area contributed by atoms with E-state index in [1.54, 1.807) is 6.08 Å². The molecular weight excluding hydrogens is 148 g/mol. The monoisotopic (exact) mass is 164 g/mol. The van der Waals surface area contributed by atoms with Gasteiger partial charge in [0.2, 0.25) is 0 Å². The van der Waals surface area contributed by atoms with Crippen molar-refractivity contribution in [2.75, 3.05) is 0 Å². The third-order valence-electron chi connectivity index (χ3n) is 2.49. The molecule has 0 atom stereocenters. The van der Waals surface area contributed by atoms with Gasteiger partial charge in [-0.05, 0) is 30.4 Å². The fourth-order valence-corrected chi connectivity index (χ4v) is 1.70. The molecule has 0 heterocycles. The van der Waals surface area contributed by atoms with Gasteiger partial charge in [-0.15, -0.1) is 0 Å². The summed E-state index contributed by atoms with van der Waals surface area (Å²) in [6.45, 7) is 10.2. The van der Waals surface area contributed by atoms with Crippen LogP contribution in [0.25, 0.3) is 0 Å². The zero-order chi connectivity index (χ0) is 9.35. The molecular formula is C11H16O. The van der Waals surface area contributed by atoms with Gasteiger partial charge in [0.15, 0.2) is 5.78 Å². The topological polar surface area (TPSA) is 17.1 Å². The van der Waals surface area contributed by atoms with Gasteiger partial charge >= 0.3 is 0 Å². The van der Waals surface area contributed by atoms with Crippen LogP contribution in [-0.4, -0.2) is 5.78 Å². The molecule has 0 spiro atoms. The lowest BCUT2D eigenvalue weighted by atomic mass is 9.73. The Morgan fingerprint density at radius 3 is 2.58 bits per heavy atom. The van der Waals surface area contributed by atoms with Crippen LogP contribution < -0.4 is 0 Å². The van der Waals surface area contributed by atoms with Crippen LogP contribution in [-0.2, 0) is 4.79 Å². The first kappa shape index (κ1) is 9.24. The first-order valence-electron chi connectivity index (χ1n) is 4.34. The van der Waals surface area contributed by atoms with Gasteiger partial charge in [-0.25, -0.2) is 0 Å². The maximum absolute atomic E-state index is 11.1. The number of allylic oxidation sites excluding steroid dienone is 3. The van der Waals surface area contributed by atoms with Crippen molar-refractivity contribution in [3.8, 4) is 0 Å². The highest BCUT2D eigenvalue weighted by molar-refractivity contribution is 5.92. The van der Waals surface area contributed by atoms with E-state index >= 15 is 0 Å². The summed E-state index contributed by atoms with van der Waals surface area (Å²) in [7, 11) is 0. The number of rotatable bonds is 1. The summed E-state index contributed by atoms with van der Waals surface area (Å²) in [6, 6.07) is 0. The van der Waals surface area contributed by atoms with Gasteiger partial charge < -0.3 is 0 Å². The quantitative estimate of drug-likeness (QED) is 0.582.